The van der Waals surface area contributed by atoms with Crippen molar-refractivity contribution >= 4 is 0 Å². The summed E-state index contributed by atoms with van der Waals surface area (Å²) in [6.45, 7) is 4.49. The summed E-state index contributed by atoms with van der Waals surface area (Å²) < 4.78 is 0. The summed E-state index contributed by atoms with van der Waals surface area (Å²) in [7, 11) is 0. The van der Waals surface area contributed by atoms with Crippen molar-refractivity contribution in [1.82, 2.24) is 0 Å². The van der Waals surface area contributed by atoms with E-state index in [-0.39, 0.29) is 0 Å². The van der Waals surface area contributed by atoms with Crippen molar-refractivity contribution in [2.75, 3.05) is 0 Å². The van der Waals surface area contributed by atoms with E-state index in [1.807, 2.05) is 0 Å². The molecule has 0 aromatic heterocycles. The molecule has 205 valence electrons. The summed E-state index contributed by atoms with van der Waals surface area (Å²) >= 11 is 0. The molecule has 0 amide bonds. The molecule has 0 nitrogen and oxygen atoms in total. The molecule has 1 radical (unpaired) electrons. The van der Waals surface area contributed by atoms with Crippen LogP contribution in [-0.2, 0) is 0 Å². The van der Waals surface area contributed by atoms with Crippen molar-refractivity contribution in [3.63, 3.8) is 0 Å². The van der Waals surface area contributed by atoms with Gasteiger partial charge in [0.1, 0.15) is 0 Å². The minimum Gasteiger partial charge on any atom is -0.0654 e. The van der Waals surface area contributed by atoms with Gasteiger partial charge in [0.05, 0.1) is 0 Å². The highest BCUT2D eigenvalue weighted by Gasteiger charge is 1.97. The second-order valence-corrected chi connectivity index (χ2v) is 11.4. The monoisotopic (exact) mass is 478 g/mol. The predicted molar refractivity (Wildman–Crippen MR) is 159 cm³/mol. The Balaban J connectivity index is 2.99. The first-order valence-electron chi connectivity index (χ1n) is 16.7. The fourth-order valence-electron chi connectivity index (χ4n) is 5.37. The molecule has 0 N–H and O–H groups in total. The van der Waals surface area contributed by atoms with Gasteiger partial charge < -0.3 is 0 Å². The van der Waals surface area contributed by atoms with E-state index in [4.69, 9.17) is 0 Å². The van der Waals surface area contributed by atoms with Crippen LogP contribution in [0.3, 0.4) is 0 Å². The van der Waals surface area contributed by atoms with Crippen LogP contribution in [0.1, 0.15) is 213 Å². The fraction of sp³-hybridized carbons (Fsp3) is 0.971. The number of rotatable bonds is 31. The number of hydrogen-bond donors (Lipinski definition) is 0. The molecule has 0 saturated carbocycles. The lowest BCUT2D eigenvalue weighted by molar-refractivity contribution is 0.513. The Hall–Kier alpha value is 0. The standard InChI is InChI=1S/C34H69/c1-3-5-7-9-11-13-15-17-19-21-23-25-27-29-31-33-34-32-30-28-26-24-22-20-18-16-14-12-10-8-6-4-2/h3H,4-34H2,1-2H3. The maximum Gasteiger partial charge on any atom is -0.0417 e. The maximum atomic E-state index is 2.31. The molecule has 0 aliphatic rings. The Kier molecular flexibility index (Phi) is 33.0. The first-order chi connectivity index (χ1) is 16.9. The second kappa shape index (κ2) is 33.0. The van der Waals surface area contributed by atoms with Crippen molar-refractivity contribution in [3.8, 4) is 0 Å². The van der Waals surface area contributed by atoms with Crippen LogP contribution >= 0.6 is 0 Å². The third-order valence-corrected chi connectivity index (χ3v) is 7.85. The van der Waals surface area contributed by atoms with E-state index in [2.05, 4.69) is 20.3 Å². The van der Waals surface area contributed by atoms with Gasteiger partial charge in [0.15, 0.2) is 0 Å². The molecule has 0 aromatic carbocycles. The summed E-state index contributed by atoms with van der Waals surface area (Å²) in [5.74, 6) is 0. The van der Waals surface area contributed by atoms with E-state index < -0.39 is 0 Å². The lowest BCUT2D eigenvalue weighted by Crippen LogP contribution is -1.85. The molecule has 0 aliphatic heterocycles. The molecule has 0 aliphatic carbocycles. The summed E-state index contributed by atoms with van der Waals surface area (Å²) in [5.41, 5.74) is 0. The Morgan fingerprint density at radius 2 is 0.441 bits per heavy atom. The normalized spacial score (nSPS) is 11.5. The summed E-state index contributed by atoms with van der Waals surface area (Å²) in [6.07, 6.45) is 48.0. The Labute approximate surface area is 219 Å². The molecular weight excluding hydrogens is 408 g/mol. The molecule has 0 bridgehead atoms. The largest absolute Gasteiger partial charge is 0.0654 e. The zero-order valence-electron chi connectivity index (χ0n) is 24.5. The van der Waals surface area contributed by atoms with E-state index >= 15 is 0 Å². The Morgan fingerprint density at radius 3 is 0.618 bits per heavy atom. The van der Waals surface area contributed by atoms with Crippen molar-refractivity contribution in [1.29, 1.82) is 0 Å². The summed E-state index contributed by atoms with van der Waals surface area (Å²) in [6, 6.07) is 0. The molecule has 0 heteroatoms. The zero-order chi connectivity index (χ0) is 24.6. The van der Waals surface area contributed by atoms with Crippen molar-refractivity contribution in [2.45, 2.75) is 213 Å². The third kappa shape index (κ3) is 32.0. The van der Waals surface area contributed by atoms with E-state index in [0.29, 0.717) is 0 Å². The SMILES string of the molecule is C[CH]CCCCCCCCCCCCCCCCCCCCCCCCCCCCCCCC. The van der Waals surface area contributed by atoms with E-state index in [1.54, 1.807) is 0 Å². The molecule has 0 rings (SSSR count). The zero-order valence-corrected chi connectivity index (χ0v) is 24.5. The molecule has 0 atom stereocenters. The van der Waals surface area contributed by atoms with Gasteiger partial charge in [0.25, 0.3) is 0 Å². The van der Waals surface area contributed by atoms with E-state index in [0.717, 1.165) is 0 Å². The first-order valence-corrected chi connectivity index (χ1v) is 16.7. The van der Waals surface area contributed by atoms with Crippen LogP contribution in [0.2, 0.25) is 0 Å². The average molecular weight is 478 g/mol. The fourth-order valence-corrected chi connectivity index (χ4v) is 5.37. The molecule has 0 fully saturated rings. The van der Waals surface area contributed by atoms with Gasteiger partial charge in [0, 0.05) is 0 Å². The van der Waals surface area contributed by atoms with Crippen molar-refractivity contribution < 1.29 is 0 Å². The van der Waals surface area contributed by atoms with Gasteiger partial charge in [-0.3, -0.25) is 0 Å². The van der Waals surface area contributed by atoms with Gasteiger partial charge in [-0.25, -0.2) is 0 Å². The van der Waals surface area contributed by atoms with Crippen LogP contribution in [0.25, 0.3) is 0 Å². The quantitative estimate of drug-likeness (QED) is 0.0870. The molecule has 0 heterocycles. The minimum atomic E-state index is 1.32. The number of hydrogen-bond acceptors (Lipinski definition) is 0. The number of unbranched alkanes of at least 4 members (excludes halogenated alkanes) is 31. The minimum absolute atomic E-state index is 1.32. The van der Waals surface area contributed by atoms with E-state index in [1.165, 1.54) is 199 Å². The molecule has 0 unspecified atom stereocenters. The highest BCUT2D eigenvalue weighted by Crippen LogP contribution is 2.16. The van der Waals surface area contributed by atoms with Gasteiger partial charge in [-0.15, -0.1) is 0 Å². The highest BCUT2D eigenvalue weighted by molar-refractivity contribution is 4.56. The second-order valence-electron chi connectivity index (χ2n) is 11.4. The van der Waals surface area contributed by atoms with Gasteiger partial charge in [-0.2, -0.15) is 0 Å². The lowest BCUT2D eigenvalue weighted by Gasteiger charge is -2.04. The predicted octanol–water partition coefficient (Wildman–Crippen LogP) is 13.3. The molecule has 0 spiro atoms. The van der Waals surface area contributed by atoms with Gasteiger partial charge in [0.2, 0.25) is 0 Å². The van der Waals surface area contributed by atoms with Crippen LogP contribution in [0.15, 0.2) is 0 Å². The Morgan fingerprint density at radius 1 is 0.265 bits per heavy atom. The molecular formula is C34H69. The summed E-state index contributed by atoms with van der Waals surface area (Å²) in [4.78, 5) is 0. The topological polar surface area (TPSA) is 0 Å². The van der Waals surface area contributed by atoms with Crippen LogP contribution in [0.4, 0.5) is 0 Å². The van der Waals surface area contributed by atoms with Crippen LogP contribution in [0.5, 0.6) is 0 Å². The third-order valence-electron chi connectivity index (χ3n) is 7.85. The van der Waals surface area contributed by atoms with Crippen molar-refractivity contribution in [2.24, 2.45) is 0 Å². The first kappa shape index (κ1) is 34.0. The summed E-state index contributed by atoms with van der Waals surface area (Å²) in [5, 5.41) is 0. The van der Waals surface area contributed by atoms with Crippen LogP contribution in [0, 0.1) is 6.42 Å². The van der Waals surface area contributed by atoms with Crippen molar-refractivity contribution in [3.05, 3.63) is 6.42 Å². The maximum absolute atomic E-state index is 2.31. The molecule has 34 heavy (non-hydrogen) atoms. The van der Waals surface area contributed by atoms with Gasteiger partial charge >= 0.3 is 0 Å². The highest BCUT2D eigenvalue weighted by atomic mass is 14.0. The molecule has 0 aromatic rings. The average Bonchev–Trinajstić information content (AvgIpc) is 2.85. The van der Waals surface area contributed by atoms with Gasteiger partial charge in [-0.1, -0.05) is 213 Å². The lowest BCUT2D eigenvalue weighted by atomic mass is 10.0. The van der Waals surface area contributed by atoms with Crippen LogP contribution < -0.4 is 0 Å². The van der Waals surface area contributed by atoms with Gasteiger partial charge in [-0.05, 0) is 6.42 Å². The molecule has 0 saturated heterocycles. The van der Waals surface area contributed by atoms with Crippen LogP contribution in [-0.4, -0.2) is 0 Å². The Bertz CT molecular complexity index is 288. The smallest absolute Gasteiger partial charge is 0.0417 e. The van der Waals surface area contributed by atoms with E-state index in [9.17, 15) is 0 Å².